The summed E-state index contributed by atoms with van der Waals surface area (Å²) in [5, 5.41) is 0. The molecule has 4 nitrogen and oxygen atoms in total. The number of fused-ring (bicyclic) bond motifs is 1. The molecular weight excluding hydrogens is 352 g/mol. The van der Waals surface area contributed by atoms with E-state index in [1.807, 2.05) is 18.2 Å². The molecular formula is C24H30O4. The number of Topliss-reactive ketones (excluding diaryl/α,β-unsaturated/α-hetero) is 1. The first kappa shape index (κ1) is 20.2. The molecule has 1 aliphatic heterocycles. The third-order valence-electron chi connectivity index (χ3n) is 4.98. The number of hydrogen-bond donors (Lipinski definition) is 0. The van der Waals surface area contributed by atoms with Crippen LogP contribution in [-0.4, -0.2) is 19.2 Å². The fourth-order valence-electron chi connectivity index (χ4n) is 3.25. The molecule has 1 unspecified atom stereocenters. The molecule has 0 bridgehead atoms. The maximum absolute atomic E-state index is 12.7. The molecule has 0 amide bonds. The third-order valence-corrected chi connectivity index (χ3v) is 4.98. The predicted octanol–water partition coefficient (Wildman–Crippen LogP) is 5.66. The summed E-state index contributed by atoms with van der Waals surface area (Å²) in [6.07, 6.45) is -0.471. The maximum Gasteiger partial charge on any atom is 0.248 e. The first-order valence-electron chi connectivity index (χ1n) is 9.68. The van der Waals surface area contributed by atoms with Crippen molar-refractivity contribution in [3.63, 3.8) is 0 Å². The van der Waals surface area contributed by atoms with Crippen LogP contribution in [0.15, 0.2) is 36.4 Å². The Kier molecular flexibility index (Phi) is 5.18. The lowest BCUT2D eigenvalue weighted by molar-refractivity contribution is 0.0386. The van der Waals surface area contributed by atoms with Gasteiger partial charge in [-0.05, 0) is 34.6 Å². The molecule has 1 atom stereocenters. The highest BCUT2D eigenvalue weighted by atomic mass is 16.7. The van der Waals surface area contributed by atoms with Gasteiger partial charge in [-0.1, -0.05) is 59.7 Å². The van der Waals surface area contributed by atoms with E-state index in [1.165, 1.54) is 5.56 Å². The molecule has 4 heteroatoms. The zero-order chi connectivity index (χ0) is 20.7. The minimum Gasteiger partial charge on any atom is -0.497 e. The standard InChI is InChI=1S/C24H30O4/c1-23(2,3)16-12-18(24(4,5)6)22-20(13-16)27-21(28-22)14-19(25)15-9-8-10-17(11-15)26-7/h8-13,21H,14H2,1-7H3. The number of ketones is 1. The molecule has 0 saturated heterocycles. The van der Waals surface area contributed by atoms with Gasteiger partial charge in [0, 0.05) is 11.1 Å². The van der Waals surface area contributed by atoms with E-state index >= 15 is 0 Å². The molecule has 0 N–H and O–H groups in total. The van der Waals surface area contributed by atoms with Crippen LogP contribution in [0.5, 0.6) is 17.2 Å². The van der Waals surface area contributed by atoms with Crippen LogP contribution >= 0.6 is 0 Å². The normalized spacial score (nSPS) is 16.2. The Balaban J connectivity index is 1.86. The van der Waals surface area contributed by atoms with Crippen molar-refractivity contribution in [2.24, 2.45) is 0 Å². The van der Waals surface area contributed by atoms with Gasteiger partial charge in [-0.3, -0.25) is 4.79 Å². The van der Waals surface area contributed by atoms with Gasteiger partial charge < -0.3 is 14.2 Å². The molecule has 0 saturated carbocycles. The molecule has 150 valence electrons. The highest BCUT2D eigenvalue weighted by molar-refractivity contribution is 5.96. The Morgan fingerprint density at radius 3 is 2.32 bits per heavy atom. The second-order valence-corrected chi connectivity index (χ2v) is 9.38. The lowest BCUT2D eigenvalue weighted by Gasteiger charge is -2.26. The smallest absolute Gasteiger partial charge is 0.248 e. The number of methoxy groups -OCH3 is 1. The molecule has 0 radical (unpaired) electrons. The zero-order valence-corrected chi connectivity index (χ0v) is 17.9. The Hall–Kier alpha value is -2.49. The number of carbonyl (C=O) groups is 1. The minimum atomic E-state index is -0.620. The van der Waals surface area contributed by atoms with Crippen LogP contribution in [0.25, 0.3) is 0 Å². The topological polar surface area (TPSA) is 44.8 Å². The first-order chi connectivity index (χ1) is 13.0. The number of benzene rings is 2. The Bertz CT molecular complexity index is 884. The number of carbonyl (C=O) groups excluding carboxylic acids is 1. The second-order valence-electron chi connectivity index (χ2n) is 9.38. The van der Waals surface area contributed by atoms with E-state index in [2.05, 4.69) is 47.6 Å². The van der Waals surface area contributed by atoms with Crippen LogP contribution in [0.2, 0.25) is 0 Å². The summed E-state index contributed by atoms with van der Waals surface area (Å²) in [5.74, 6) is 2.10. The van der Waals surface area contributed by atoms with Crippen molar-refractivity contribution in [2.75, 3.05) is 7.11 Å². The van der Waals surface area contributed by atoms with Gasteiger partial charge >= 0.3 is 0 Å². The van der Waals surface area contributed by atoms with Crippen LogP contribution in [0.4, 0.5) is 0 Å². The Labute approximate surface area is 167 Å². The van der Waals surface area contributed by atoms with Crippen molar-refractivity contribution >= 4 is 5.78 Å². The molecule has 0 fully saturated rings. The van der Waals surface area contributed by atoms with Crippen molar-refractivity contribution < 1.29 is 19.0 Å². The summed E-state index contributed by atoms with van der Waals surface area (Å²) in [6.45, 7) is 13.0. The number of ether oxygens (including phenoxy) is 3. The van der Waals surface area contributed by atoms with E-state index < -0.39 is 6.29 Å². The third kappa shape index (κ3) is 4.16. The fraction of sp³-hybridized carbons (Fsp3) is 0.458. The van der Waals surface area contributed by atoms with E-state index in [4.69, 9.17) is 14.2 Å². The average Bonchev–Trinajstić information content (AvgIpc) is 3.01. The molecule has 0 aromatic heterocycles. The Morgan fingerprint density at radius 2 is 1.71 bits per heavy atom. The lowest BCUT2D eigenvalue weighted by Crippen LogP contribution is -2.23. The first-order valence-corrected chi connectivity index (χ1v) is 9.68. The monoisotopic (exact) mass is 382 g/mol. The van der Waals surface area contributed by atoms with E-state index in [1.54, 1.807) is 19.2 Å². The number of hydrogen-bond acceptors (Lipinski definition) is 4. The van der Waals surface area contributed by atoms with Crippen LogP contribution in [0, 0.1) is 0 Å². The van der Waals surface area contributed by atoms with Gasteiger partial charge in [-0.2, -0.15) is 0 Å². The van der Waals surface area contributed by atoms with E-state index in [-0.39, 0.29) is 23.0 Å². The van der Waals surface area contributed by atoms with Gasteiger partial charge in [-0.25, -0.2) is 0 Å². The zero-order valence-electron chi connectivity index (χ0n) is 17.9. The van der Waals surface area contributed by atoms with Crippen molar-refractivity contribution in [1.82, 2.24) is 0 Å². The average molecular weight is 383 g/mol. The SMILES string of the molecule is COc1cccc(C(=O)CC2Oc3cc(C(C)(C)C)cc(C(C)(C)C)c3O2)c1. The van der Waals surface area contributed by atoms with E-state index in [0.29, 0.717) is 11.3 Å². The maximum atomic E-state index is 12.7. The summed E-state index contributed by atoms with van der Waals surface area (Å²) in [5.41, 5.74) is 2.78. The number of rotatable bonds is 4. The summed E-state index contributed by atoms with van der Waals surface area (Å²) in [4.78, 5) is 12.7. The molecule has 1 aliphatic rings. The van der Waals surface area contributed by atoms with Crippen LogP contribution in [0.3, 0.4) is 0 Å². The summed E-state index contributed by atoms with van der Waals surface area (Å²) in [6, 6.07) is 11.4. The lowest BCUT2D eigenvalue weighted by atomic mass is 9.80. The molecule has 3 rings (SSSR count). The largest absolute Gasteiger partial charge is 0.497 e. The fourth-order valence-corrected chi connectivity index (χ4v) is 3.25. The van der Waals surface area contributed by atoms with E-state index in [0.717, 1.165) is 17.1 Å². The highest BCUT2D eigenvalue weighted by Gasteiger charge is 2.34. The van der Waals surface area contributed by atoms with E-state index in [9.17, 15) is 4.79 Å². The van der Waals surface area contributed by atoms with Crippen molar-refractivity contribution in [3.05, 3.63) is 53.1 Å². The molecule has 2 aromatic carbocycles. The van der Waals surface area contributed by atoms with Crippen molar-refractivity contribution in [2.45, 2.75) is 65.1 Å². The summed E-state index contributed by atoms with van der Waals surface area (Å²) >= 11 is 0. The highest BCUT2D eigenvalue weighted by Crippen LogP contribution is 2.46. The van der Waals surface area contributed by atoms with Crippen LogP contribution < -0.4 is 14.2 Å². The van der Waals surface area contributed by atoms with Crippen LogP contribution in [-0.2, 0) is 10.8 Å². The summed E-state index contributed by atoms with van der Waals surface area (Å²) in [7, 11) is 1.59. The molecule has 0 aliphatic carbocycles. The molecule has 0 spiro atoms. The molecule has 2 aromatic rings. The van der Waals surface area contributed by atoms with Gasteiger partial charge in [0.2, 0.25) is 6.29 Å². The second kappa shape index (κ2) is 7.16. The quantitative estimate of drug-likeness (QED) is 0.640. The van der Waals surface area contributed by atoms with Gasteiger partial charge in [0.05, 0.1) is 13.5 Å². The van der Waals surface area contributed by atoms with Gasteiger partial charge in [0.1, 0.15) is 5.75 Å². The molecule has 1 heterocycles. The van der Waals surface area contributed by atoms with Gasteiger partial charge in [-0.15, -0.1) is 0 Å². The minimum absolute atomic E-state index is 0.00706. The Morgan fingerprint density at radius 1 is 1.00 bits per heavy atom. The molecule has 28 heavy (non-hydrogen) atoms. The predicted molar refractivity (Wildman–Crippen MR) is 111 cm³/mol. The van der Waals surface area contributed by atoms with Crippen molar-refractivity contribution in [3.8, 4) is 17.2 Å². The van der Waals surface area contributed by atoms with Crippen molar-refractivity contribution in [1.29, 1.82) is 0 Å². The van der Waals surface area contributed by atoms with Gasteiger partial charge in [0.25, 0.3) is 0 Å². The summed E-state index contributed by atoms with van der Waals surface area (Å²) < 4.78 is 17.4. The van der Waals surface area contributed by atoms with Crippen LogP contribution in [0.1, 0.15) is 69.4 Å². The van der Waals surface area contributed by atoms with Gasteiger partial charge in [0.15, 0.2) is 17.3 Å².